The van der Waals surface area contributed by atoms with Gasteiger partial charge in [-0.15, -0.1) is 0 Å². The summed E-state index contributed by atoms with van der Waals surface area (Å²) in [7, 11) is 0. The minimum atomic E-state index is -0.397. The largest absolute Gasteiger partial charge is 0.508 e. The van der Waals surface area contributed by atoms with Gasteiger partial charge in [0.25, 0.3) is 0 Å². The normalized spacial score (nSPS) is 16.2. The first-order chi connectivity index (χ1) is 10.2. The Morgan fingerprint density at radius 2 is 2.19 bits per heavy atom. The lowest BCUT2D eigenvalue weighted by Gasteiger charge is -2.14. The summed E-state index contributed by atoms with van der Waals surface area (Å²) in [5, 5.41) is 12.7. The maximum Gasteiger partial charge on any atom is 0.167 e. The highest BCUT2D eigenvalue weighted by Gasteiger charge is 2.24. The van der Waals surface area contributed by atoms with Crippen molar-refractivity contribution >= 4 is 5.69 Å². The zero-order valence-corrected chi connectivity index (χ0v) is 11.6. The summed E-state index contributed by atoms with van der Waals surface area (Å²) < 4.78 is 24.5. The van der Waals surface area contributed by atoms with Gasteiger partial charge in [0, 0.05) is 23.4 Å². The van der Waals surface area contributed by atoms with Crippen LogP contribution in [-0.2, 0) is 0 Å². The Hall–Kier alpha value is -2.43. The van der Waals surface area contributed by atoms with Crippen molar-refractivity contribution in [2.24, 2.45) is 0 Å². The molecule has 2 aromatic rings. The second kappa shape index (κ2) is 5.52. The van der Waals surface area contributed by atoms with Crippen LogP contribution in [-0.4, -0.2) is 18.3 Å². The number of hydrogen-bond acceptors (Lipinski definition) is 4. The molecule has 110 valence electrons. The van der Waals surface area contributed by atoms with E-state index in [-0.39, 0.29) is 17.5 Å². The Bertz CT molecular complexity index is 660. The van der Waals surface area contributed by atoms with Gasteiger partial charge in [0.15, 0.2) is 11.6 Å². The van der Waals surface area contributed by atoms with Crippen LogP contribution in [0.4, 0.5) is 10.1 Å². The van der Waals surface area contributed by atoms with Gasteiger partial charge in [0.05, 0.1) is 12.6 Å². The van der Waals surface area contributed by atoms with Crippen LogP contribution < -0.4 is 14.8 Å². The zero-order valence-electron chi connectivity index (χ0n) is 11.6. The molecule has 1 aliphatic heterocycles. The van der Waals surface area contributed by atoms with Gasteiger partial charge in [-0.2, -0.15) is 0 Å². The van der Waals surface area contributed by atoms with Crippen molar-refractivity contribution < 1.29 is 19.0 Å². The van der Waals surface area contributed by atoms with Gasteiger partial charge in [-0.1, -0.05) is 0 Å². The number of fused-ring (bicyclic) bond motifs is 1. The molecule has 1 heterocycles. The van der Waals surface area contributed by atoms with Crippen LogP contribution in [0.3, 0.4) is 0 Å². The second-order valence-corrected chi connectivity index (χ2v) is 4.81. The average Bonchev–Trinajstić information content (AvgIpc) is 2.84. The van der Waals surface area contributed by atoms with Crippen LogP contribution in [0, 0.1) is 5.82 Å². The molecule has 1 unspecified atom stereocenters. The highest BCUT2D eigenvalue weighted by atomic mass is 19.1. The maximum absolute atomic E-state index is 13.8. The fraction of sp³-hybridized carbons (Fsp3) is 0.250. The van der Waals surface area contributed by atoms with E-state index in [9.17, 15) is 9.50 Å². The van der Waals surface area contributed by atoms with Gasteiger partial charge in [0.1, 0.15) is 18.1 Å². The van der Waals surface area contributed by atoms with E-state index < -0.39 is 5.82 Å². The summed E-state index contributed by atoms with van der Waals surface area (Å²) in [5.41, 5.74) is 1.60. The van der Waals surface area contributed by atoms with Crippen LogP contribution in [0.25, 0.3) is 0 Å². The quantitative estimate of drug-likeness (QED) is 0.905. The number of rotatable bonds is 4. The van der Waals surface area contributed by atoms with Gasteiger partial charge >= 0.3 is 0 Å². The van der Waals surface area contributed by atoms with E-state index >= 15 is 0 Å². The molecule has 0 aromatic heterocycles. The molecular formula is C16H16FNO3. The molecule has 1 aliphatic rings. The lowest BCUT2D eigenvalue weighted by molar-refractivity contribution is 0.321. The predicted molar refractivity (Wildman–Crippen MR) is 77.5 cm³/mol. The summed E-state index contributed by atoms with van der Waals surface area (Å²) in [6.45, 7) is 2.68. The third-order valence-corrected chi connectivity index (χ3v) is 3.35. The Labute approximate surface area is 122 Å². The minimum absolute atomic E-state index is 0.0713. The molecule has 0 saturated carbocycles. The Morgan fingerprint density at radius 3 is 2.95 bits per heavy atom. The first-order valence-electron chi connectivity index (χ1n) is 6.82. The zero-order chi connectivity index (χ0) is 14.8. The fourth-order valence-corrected chi connectivity index (χ4v) is 2.38. The van der Waals surface area contributed by atoms with E-state index in [1.54, 1.807) is 30.3 Å². The SMILES string of the molecule is CCOc1ccc(NC2COc3cc(O)ccc32)cc1F. The summed E-state index contributed by atoms with van der Waals surface area (Å²) in [6.07, 6.45) is 0. The van der Waals surface area contributed by atoms with Crippen molar-refractivity contribution in [1.29, 1.82) is 0 Å². The molecule has 0 radical (unpaired) electrons. The molecule has 0 fully saturated rings. The van der Waals surface area contributed by atoms with E-state index in [0.717, 1.165) is 5.56 Å². The first-order valence-corrected chi connectivity index (χ1v) is 6.82. The molecule has 0 amide bonds. The first kappa shape index (κ1) is 13.5. The van der Waals surface area contributed by atoms with E-state index in [2.05, 4.69) is 5.32 Å². The maximum atomic E-state index is 13.8. The number of phenolic OH excluding ortho intramolecular Hbond substituents is 1. The molecular weight excluding hydrogens is 273 g/mol. The summed E-state index contributed by atoms with van der Waals surface area (Å²) in [5.74, 6) is 0.670. The van der Waals surface area contributed by atoms with Crippen molar-refractivity contribution in [2.75, 3.05) is 18.5 Å². The smallest absolute Gasteiger partial charge is 0.167 e. The summed E-state index contributed by atoms with van der Waals surface area (Å²) >= 11 is 0. The Morgan fingerprint density at radius 1 is 1.33 bits per heavy atom. The summed E-state index contributed by atoms with van der Waals surface area (Å²) in [4.78, 5) is 0. The number of phenols is 1. The minimum Gasteiger partial charge on any atom is -0.508 e. The van der Waals surface area contributed by atoms with Crippen molar-refractivity contribution in [3.63, 3.8) is 0 Å². The lowest BCUT2D eigenvalue weighted by Crippen LogP contribution is -2.12. The molecule has 0 spiro atoms. The van der Waals surface area contributed by atoms with Gasteiger partial charge < -0.3 is 19.9 Å². The molecule has 0 saturated heterocycles. The number of aromatic hydroxyl groups is 1. The molecule has 2 N–H and O–H groups in total. The van der Waals surface area contributed by atoms with Gasteiger partial charge in [-0.05, 0) is 31.2 Å². The molecule has 1 atom stereocenters. The molecule has 2 aromatic carbocycles. The molecule has 0 aliphatic carbocycles. The average molecular weight is 289 g/mol. The molecule has 5 heteroatoms. The second-order valence-electron chi connectivity index (χ2n) is 4.81. The van der Waals surface area contributed by atoms with E-state index in [1.807, 2.05) is 6.92 Å². The van der Waals surface area contributed by atoms with Gasteiger partial charge in [0.2, 0.25) is 0 Å². The predicted octanol–water partition coefficient (Wildman–Crippen LogP) is 3.48. The number of ether oxygens (including phenoxy) is 2. The van der Waals surface area contributed by atoms with Crippen molar-refractivity contribution in [1.82, 2.24) is 0 Å². The van der Waals surface area contributed by atoms with Gasteiger partial charge in [-0.25, -0.2) is 4.39 Å². The van der Waals surface area contributed by atoms with Crippen LogP contribution >= 0.6 is 0 Å². The molecule has 4 nitrogen and oxygen atoms in total. The number of anilines is 1. The third-order valence-electron chi connectivity index (χ3n) is 3.35. The third kappa shape index (κ3) is 2.72. The monoisotopic (exact) mass is 289 g/mol. The summed E-state index contributed by atoms with van der Waals surface area (Å²) in [6, 6.07) is 9.71. The lowest BCUT2D eigenvalue weighted by atomic mass is 10.1. The highest BCUT2D eigenvalue weighted by Crippen LogP contribution is 2.37. The standard InChI is InChI=1S/C16H16FNO3/c1-2-20-15-6-3-10(7-13(15)17)18-14-9-21-16-8-11(19)4-5-12(14)16/h3-8,14,18-19H,2,9H2,1H3. The van der Waals surface area contributed by atoms with Crippen LogP contribution in [0.1, 0.15) is 18.5 Å². The number of hydrogen-bond donors (Lipinski definition) is 2. The highest BCUT2D eigenvalue weighted by molar-refractivity contribution is 5.53. The number of benzene rings is 2. The van der Waals surface area contributed by atoms with Crippen molar-refractivity contribution in [3.8, 4) is 17.2 Å². The molecule has 0 bridgehead atoms. The molecule has 3 rings (SSSR count). The number of nitrogens with one attached hydrogen (secondary N) is 1. The molecule has 21 heavy (non-hydrogen) atoms. The van der Waals surface area contributed by atoms with Crippen LogP contribution in [0.2, 0.25) is 0 Å². The van der Waals surface area contributed by atoms with E-state index in [4.69, 9.17) is 9.47 Å². The van der Waals surface area contributed by atoms with E-state index in [0.29, 0.717) is 24.7 Å². The van der Waals surface area contributed by atoms with Gasteiger partial charge in [-0.3, -0.25) is 0 Å². The van der Waals surface area contributed by atoms with Crippen molar-refractivity contribution in [3.05, 3.63) is 47.8 Å². The van der Waals surface area contributed by atoms with Crippen LogP contribution in [0.15, 0.2) is 36.4 Å². The van der Waals surface area contributed by atoms with E-state index in [1.165, 1.54) is 6.07 Å². The Balaban J connectivity index is 1.78. The van der Waals surface area contributed by atoms with Crippen molar-refractivity contribution in [2.45, 2.75) is 13.0 Å². The fourth-order valence-electron chi connectivity index (χ4n) is 2.38. The number of halogens is 1. The van der Waals surface area contributed by atoms with Crippen LogP contribution in [0.5, 0.6) is 17.2 Å². The topological polar surface area (TPSA) is 50.7 Å². The Kier molecular flexibility index (Phi) is 3.56.